The van der Waals surface area contributed by atoms with Crippen LogP contribution in [0.25, 0.3) is 0 Å². The first-order valence-electron chi connectivity index (χ1n) is 8.00. The van der Waals surface area contributed by atoms with E-state index in [1.807, 2.05) is 0 Å². The van der Waals surface area contributed by atoms with E-state index in [1.165, 1.54) is 6.07 Å². The number of halogens is 3. The highest BCUT2D eigenvalue weighted by Crippen LogP contribution is 2.29. The number of piperidine rings is 1. The molecule has 1 aliphatic heterocycles. The van der Waals surface area contributed by atoms with Gasteiger partial charge in [-0.3, -0.25) is 4.79 Å². The van der Waals surface area contributed by atoms with E-state index in [0.717, 1.165) is 12.4 Å². The second-order valence-electron chi connectivity index (χ2n) is 5.69. The number of amides is 1. The van der Waals surface area contributed by atoms with E-state index in [2.05, 4.69) is 9.97 Å². The van der Waals surface area contributed by atoms with E-state index in [4.69, 9.17) is 4.74 Å². The van der Waals surface area contributed by atoms with Gasteiger partial charge in [-0.1, -0.05) is 23.9 Å². The van der Waals surface area contributed by atoms with Crippen LogP contribution in [0.2, 0.25) is 0 Å². The molecule has 0 radical (unpaired) electrons. The third-order valence-corrected chi connectivity index (χ3v) is 4.66. The minimum Gasteiger partial charge on any atom is -0.458 e. The molecule has 1 atom stereocenters. The van der Waals surface area contributed by atoms with Crippen molar-refractivity contribution < 1.29 is 22.7 Å². The number of carbonyl (C=O) groups excluding carboxylic acids is 1. The number of aromatic nitrogens is 2. The van der Waals surface area contributed by atoms with Crippen LogP contribution in [0.5, 0.6) is 6.01 Å². The molecule has 1 unspecified atom stereocenters. The van der Waals surface area contributed by atoms with E-state index in [1.54, 1.807) is 23.1 Å². The molecule has 0 bridgehead atoms. The van der Waals surface area contributed by atoms with Crippen molar-refractivity contribution in [2.24, 2.45) is 0 Å². The largest absolute Gasteiger partial charge is 0.458 e. The normalized spacial score (nSPS) is 17.4. The molecule has 138 valence electrons. The Hall–Kier alpha value is -2.29. The van der Waals surface area contributed by atoms with Gasteiger partial charge in [-0.2, -0.15) is 8.78 Å². The quantitative estimate of drug-likeness (QED) is 0.739. The number of rotatable bonds is 5. The SMILES string of the molecule is O=C(c1ccccc1SC(F)F)N1CCCC(Oc2ncc(F)cn2)C1. The number of likely N-dealkylation sites (tertiary alicyclic amines) is 1. The van der Waals surface area contributed by atoms with E-state index in [0.29, 0.717) is 31.1 Å². The van der Waals surface area contributed by atoms with Crippen molar-refractivity contribution in [3.05, 3.63) is 48.0 Å². The number of ether oxygens (including phenoxy) is 1. The zero-order chi connectivity index (χ0) is 18.5. The summed E-state index contributed by atoms with van der Waals surface area (Å²) in [5.74, 6) is -3.48. The second-order valence-corrected chi connectivity index (χ2v) is 6.72. The number of thioether (sulfide) groups is 1. The average molecular weight is 383 g/mol. The molecule has 1 aromatic carbocycles. The number of benzene rings is 1. The van der Waals surface area contributed by atoms with Gasteiger partial charge >= 0.3 is 6.01 Å². The zero-order valence-electron chi connectivity index (χ0n) is 13.6. The lowest BCUT2D eigenvalue weighted by molar-refractivity contribution is 0.0512. The molecule has 1 amide bonds. The van der Waals surface area contributed by atoms with Gasteiger partial charge < -0.3 is 9.64 Å². The highest BCUT2D eigenvalue weighted by molar-refractivity contribution is 7.99. The lowest BCUT2D eigenvalue weighted by Gasteiger charge is -2.32. The van der Waals surface area contributed by atoms with Gasteiger partial charge in [0.25, 0.3) is 11.7 Å². The fourth-order valence-electron chi connectivity index (χ4n) is 2.74. The Labute approximate surface area is 152 Å². The van der Waals surface area contributed by atoms with Crippen LogP contribution in [0, 0.1) is 5.82 Å². The third-order valence-electron chi connectivity index (χ3n) is 3.87. The van der Waals surface area contributed by atoms with Crippen LogP contribution in [0.3, 0.4) is 0 Å². The number of carbonyl (C=O) groups is 1. The summed E-state index contributed by atoms with van der Waals surface area (Å²) < 4.78 is 43.9. The van der Waals surface area contributed by atoms with Crippen LogP contribution in [-0.2, 0) is 0 Å². The van der Waals surface area contributed by atoms with Crippen molar-refractivity contribution in [2.45, 2.75) is 29.6 Å². The van der Waals surface area contributed by atoms with E-state index >= 15 is 0 Å². The Morgan fingerprint density at radius 2 is 2.00 bits per heavy atom. The Morgan fingerprint density at radius 1 is 1.27 bits per heavy atom. The van der Waals surface area contributed by atoms with Crippen LogP contribution >= 0.6 is 11.8 Å². The van der Waals surface area contributed by atoms with Crippen LogP contribution in [0.15, 0.2) is 41.6 Å². The van der Waals surface area contributed by atoms with Gasteiger partial charge in [0.2, 0.25) is 0 Å². The minimum atomic E-state index is -2.60. The van der Waals surface area contributed by atoms with Crippen LogP contribution in [-0.4, -0.2) is 45.7 Å². The summed E-state index contributed by atoms with van der Waals surface area (Å²) in [6.45, 7) is 0.796. The molecule has 2 heterocycles. The Balaban J connectivity index is 1.69. The van der Waals surface area contributed by atoms with Crippen molar-refractivity contribution in [2.75, 3.05) is 13.1 Å². The Bertz CT molecular complexity index is 761. The molecule has 9 heteroatoms. The molecule has 1 fully saturated rings. The second kappa shape index (κ2) is 8.39. The predicted molar refractivity (Wildman–Crippen MR) is 89.8 cm³/mol. The first-order chi connectivity index (χ1) is 12.5. The maximum Gasteiger partial charge on any atom is 0.316 e. The summed E-state index contributed by atoms with van der Waals surface area (Å²) in [5, 5.41) is 0. The minimum absolute atomic E-state index is 0.0411. The number of hydrogen-bond acceptors (Lipinski definition) is 5. The predicted octanol–water partition coefficient (Wildman–Crippen LogP) is 3.61. The highest BCUT2D eigenvalue weighted by atomic mass is 32.2. The van der Waals surface area contributed by atoms with Crippen LogP contribution < -0.4 is 4.74 Å². The van der Waals surface area contributed by atoms with Gasteiger partial charge in [0.1, 0.15) is 6.10 Å². The average Bonchev–Trinajstić information content (AvgIpc) is 2.63. The lowest BCUT2D eigenvalue weighted by Crippen LogP contribution is -2.44. The van der Waals surface area contributed by atoms with E-state index < -0.39 is 11.6 Å². The van der Waals surface area contributed by atoms with Gasteiger partial charge in [0, 0.05) is 11.4 Å². The molecule has 26 heavy (non-hydrogen) atoms. The zero-order valence-corrected chi connectivity index (χ0v) is 14.5. The lowest BCUT2D eigenvalue weighted by atomic mass is 10.1. The number of alkyl halides is 2. The first kappa shape index (κ1) is 18.5. The fourth-order valence-corrected chi connectivity index (χ4v) is 3.37. The molecule has 1 aromatic heterocycles. The molecule has 0 aliphatic carbocycles. The summed E-state index contributed by atoms with van der Waals surface area (Å²) in [7, 11) is 0. The summed E-state index contributed by atoms with van der Waals surface area (Å²) in [5.41, 5.74) is 0.247. The topological polar surface area (TPSA) is 55.3 Å². The summed E-state index contributed by atoms with van der Waals surface area (Å²) in [4.78, 5) is 22.1. The van der Waals surface area contributed by atoms with Gasteiger partial charge in [-0.15, -0.1) is 0 Å². The highest BCUT2D eigenvalue weighted by Gasteiger charge is 2.28. The molecule has 0 spiro atoms. The van der Waals surface area contributed by atoms with Crippen LogP contribution in [0.4, 0.5) is 13.2 Å². The first-order valence-corrected chi connectivity index (χ1v) is 8.88. The van der Waals surface area contributed by atoms with Gasteiger partial charge in [-0.25, -0.2) is 14.4 Å². The molecular weight excluding hydrogens is 367 g/mol. The summed E-state index contributed by atoms with van der Waals surface area (Å²) in [6.07, 6.45) is 3.06. The van der Waals surface area contributed by atoms with Crippen molar-refractivity contribution in [1.82, 2.24) is 14.9 Å². The van der Waals surface area contributed by atoms with Gasteiger partial charge in [-0.05, 0) is 25.0 Å². The van der Waals surface area contributed by atoms with E-state index in [-0.39, 0.29) is 35.0 Å². The molecule has 1 aliphatic rings. The molecule has 2 aromatic rings. The summed E-state index contributed by atoms with van der Waals surface area (Å²) >= 11 is 0.355. The maximum absolute atomic E-state index is 12.9. The number of nitrogens with zero attached hydrogens (tertiary/aromatic N) is 3. The van der Waals surface area contributed by atoms with Crippen LogP contribution in [0.1, 0.15) is 23.2 Å². The molecule has 0 N–H and O–H groups in total. The number of hydrogen-bond donors (Lipinski definition) is 0. The monoisotopic (exact) mass is 383 g/mol. The van der Waals surface area contributed by atoms with Gasteiger partial charge in [0.15, 0.2) is 5.82 Å². The van der Waals surface area contributed by atoms with Crippen molar-refractivity contribution in [1.29, 1.82) is 0 Å². The van der Waals surface area contributed by atoms with Crippen molar-refractivity contribution in [3.8, 4) is 6.01 Å². The molecule has 0 saturated carbocycles. The van der Waals surface area contributed by atoms with Gasteiger partial charge in [0.05, 0.1) is 24.5 Å². The Kier molecular flexibility index (Phi) is 5.97. The third kappa shape index (κ3) is 4.66. The van der Waals surface area contributed by atoms with Crippen molar-refractivity contribution in [3.63, 3.8) is 0 Å². The maximum atomic E-state index is 12.9. The van der Waals surface area contributed by atoms with Crippen molar-refractivity contribution >= 4 is 17.7 Å². The molecule has 3 rings (SSSR count). The smallest absolute Gasteiger partial charge is 0.316 e. The molecule has 5 nitrogen and oxygen atoms in total. The molecular formula is C17H16F3N3O2S. The Morgan fingerprint density at radius 3 is 2.73 bits per heavy atom. The molecule has 1 saturated heterocycles. The van der Waals surface area contributed by atoms with E-state index in [9.17, 15) is 18.0 Å². The fraction of sp³-hybridized carbons (Fsp3) is 0.353. The standard InChI is InChI=1S/C17H16F3N3O2S/c18-11-8-21-17(22-9-11)25-12-4-3-7-23(10-12)15(24)13-5-1-2-6-14(13)26-16(19)20/h1-2,5-6,8-9,12,16H,3-4,7,10H2. The summed E-state index contributed by atoms with van der Waals surface area (Å²) in [6, 6.07) is 6.36.